The van der Waals surface area contributed by atoms with Crippen LogP contribution in [-0.2, 0) is 17.5 Å². The molecule has 2 aliphatic heterocycles. The van der Waals surface area contributed by atoms with Crippen LogP contribution in [0.4, 0.5) is 5.69 Å². The zero-order valence-electron chi connectivity index (χ0n) is 17.8. The highest BCUT2D eigenvalue weighted by Gasteiger charge is 2.63. The van der Waals surface area contributed by atoms with Gasteiger partial charge in [0.05, 0.1) is 23.5 Å². The van der Waals surface area contributed by atoms with Crippen LogP contribution < -0.4 is 4.90 Å². The lowest BCUT2D eigenvalue weighted by Gasteiger charge is -2.61. The summed E-state index contributed by atoms with van der Waals surface area (Å²) in [6.07, 6.45) is 2.17. The van der Waals surface area contributed by atoms with Crippen molar-refractivity contribution < 1.29 is 0 Å². The highest BCUT2D eigenvalue weighted by molar-refractivity contribution is 7.15. The molecule has 0 spiro atoms. The Bertz CT molecular complexity index is 1020. The van der Waals surface area contributed by atoms with Crippen molar-refractivity contribution in [3.8, 4) is 0 Å². The first-order valence-electron chi connectivity index (χ1n) is 10.0. The fourth-order valence-corrected chi connectivity index (χ4v) is 5.94. The van der Waals surface area contributed by atoms with E-state index in [4.69, 9.17) is 4.98 Å². The van der Waals surface area contributed by atoms with Crippen LogP contribution in [-0.4, -0.2) is 9.38 Å². The monoisotopic (exact) mass is 381 g/mol. The molecule has 0 radical (unpaired) electrons. The van der Waals surface area contributed by atoms with Gasteiger partial charge in [-0.15, -0.1) is 11.3 Å². The second kappa shape index (κ2) is 5.60. The van der Waals surface area contributed by atoms with Gasteiger partial charge in [-0.3, -0.25) is 4.40 Å². The topological polar surface area (TPSA) is 20.5 Å². The molecular formula is C23H31N3S. The van der Waals surface area contributed by atoms with Crippen LogP contribution in [0, 0.1) is 12.3 Å². The summed E-state index contributed by atoms with van der Waals surface area (Å²) >= 11 is 1.73. The molecule has 144 valence electrons. The molecule has 1 aromatic carbocycles. The third kappa shape index (κ3) is 1.95. The van der Waals surface area contributed by atoms with Crippen LogP contribution in [0.5, 0.6) is 0 Å². The molecule has 1 unspecified atom stereocenters. The maximum absolute atomic E-state index is 5.11. The number of aryl methyl sites for hydroxylation is 1. The molecular weight excluding hydrogens is 350 g/mol. The van der Waals surface area contributed by atoms with Gasteiger partial charge in [0.15, 0.2) is 4.96 Å². The Kier molecular flexibility index (Phi) is 3.85. The minimum Gasteiger partial charge on any atom is -0.353 e. The molecule has 2 aliphatic rings. The number of para-hydroxylation sites is 1. The van der Waals surface area contributed by atoms with Crippen molar-refractivity contribution in [1.82, 2.24) is 9.38 Å². The second-order valence-corrected chi connectivity index (χ2v) is 9.72. The third-order valence-electron chi connectivity index (χ3n) is 7.63. The van der Waals surface area contributed by atoms with Crippen LogP contribution in [0.15, 0.2) is 29.8 Å². The molecule has 5 rings (SSSR count). The van der Waals surface area contributed by atoms with Gasteiger partial charge in [-0.1, -0.05) is 59.7 Å². The van der Waals surface area contributed by atoms with Gasteiger partial charge < -0.3 is 4.90 Å². The molecule has 0 saturated carbocycles. The number of thiazole rings is 1. The van der Waals surface area contributed by atoms with E-state index in [1.54, 1.807) is 11.3 Å². The van der Waals surface area contributed by atoms with Crippen molar-refractivity contribution in [1.29, 1.82) is 0 Å². The summed E-state index contributed by atoms with van der Waals surface area (Å²) in [6.45, 7) is 19.3. The largest absolute Gasteiger partial charge is 0.353 e. The zero-order chi connectivity index (χ0) is 19.8. The van der Waals surface area contributed by atoms with Gasteiger partial charge in [-0.25, -0.2) is 4.98 Å². The SMILES string of the molecule is CC.Cc1cccc2c1N1Cc3c(nc4sccn34)C1(C)C(C)(C)C2(C)C. The second-order valence-electron chi connectivity index (χ2n) is 8.84. The fraction of sp³-hybridized carbons (Fsp3) is 0.522. The maximum Gasteiger partial charge on any atom is 0.194 e. The van der Waals surface area contributed by atoms with E-state index >= 15 is 0 Å². The van der Waals surface area contributed by atoms with E-state index in [9.17, 15) is 0 Å². The smallest absolute Gasteiger partial charge is 0.194 e. The molecule has 0 fully saturated rings. The summed E-state index contributed by atoms with van der Waals surface area (Å²) in [5, 5.41) is 2.14. The predicted octanol–water partition coefficient (Wildman–Crippen LogP) is 6.28. The van der Waals surface area contributed by atoms with E-state index in [-0.39, 0.29) is 16.4 Å². The Morgan fingerprint density at radius 3 is 2.48 bits per heavy atom. The molecule has 4 heteroatoms. The van der Waals surface area contributed by atoms with E-state index in [0.717, 1.165) is 11.5 Å². The molecule has 27 heavy (non-hydrogen) atoms. The Morgan fingerprint density at radius 1 is 1.07 bits per heavy atom. The maximum atomic E-state index is 5.11. The van der Waals surface area contributed by atoms with Crippen molar-refractivity contribution in [2.24, 2.45) is 5.41 Å². The van der Waals surface area contributed by atoms with Gasteiger partial charge in [0, 0.05) is 22.7 Å². The number of hydrogen-bond donors (Lipinski definition) is 0. The number of rotatable bonds is 0. The first-order chi connectivity index (χ1) is 12.7. The molecule has 0 bridgehead atoms. The molecule has 2 aromatic heterocycles. The van der Waals surface area contributed by atoms with E-state index < -0.39 is 0 Å². The number of nitrogens with zero attached hydrogens (tertiary/aromatic N) is 3. The zero-order valence-corrected chi connectivity index (χ0v) is 18.7. The van der Waals surface area contributed by atoms with Gasteiger partial charge in [-0.2, -0.15) is 0 Å². The van der Waals surface area contributed by atoms with Gasteiger partial charge in [-0.05, 0) is 30.4 Å². The van der Waals surface area contributed by atoms with E-state index in [2.05, 4.69) is 80.6 Å². The average molecular weight is 382 g/mol. The molecule has 0 amide bonds. The summed E-state index contributed by atoms with van der Waals surface area (Å²) in [4.78, 5) is 8.86. The quantitative estimate of drug-likeness (QED) is 0.456. The van der Waals surface area contributed by atoms with Crippen molar-refractivity contribution in [3.05, 3.63) is 52.3 Å². The van der Waals surface area contributed by atoms with Crippen molar-refractivity contribution in [3.63, 3.8) is 0 Å². The number of fused-ring (bicyclic) bond motifs is 7. The summed E-state index contributed by atoms with van der Waals surface area (Å²) in [5.74, 6) is 0. The summed E-state index contributed by atoms with van der Waals surface area (Å²) < 4.78 is 2.30. The Morgan fingerprint density at radius 2 is 1.78 bits per heavy atom. The van der Waals surface area contributed by atoms with Crippen LogP contribution in [0.25, 0.3) is 4.96 Å². The predicted molar refractivity (Wildman–Crippen MR) is 116 cm³/mol. The van der Waals surface area contributed by atoms with Gasteiger partial charge in [0.2, 0.25) is 0 Å². The Hall–Kier alpha value is -1.81. The van der Waals surface area contributed by atoms with E-state index in [0.29, 0.717) is 0 Å². The number of hydrogen-bond acceptors (Lipinski definition) is 3. The molecule has 3 aromatic rings. The molecule has 0 N–H and O–H groups in total. The van der Waals surface area contributed by atoms with Gasteiger partial charge in [0.25, 0.3) is 0 Å². The van der Waals surface area contributed by atoms with Crippen LogP contribution in [0.1, 0.15) is 71.0 Å². The highest BCUT2D eigenvalue weighted by atomic mass is 32.1. The highest BCUT2D eigenvalue weighted by Crippen LogP contribution is 2.64. The molecule has 1 atom stereocenters. The minimum atomic E-state index is -0.114. The Balaban J connectivity index is 0.000000872. The Labute approximate surface area is 167 Å². The van der Waals surface area contributed by atoms with Gasteiger partial charge >= 0.3 is 0 Å². The number of imidazole rings is 1. The van der Waals surface area contributed by atoms with Gasteiger partial charge in [0.1, 0.15) is 0 Å². The number of anilines is 1. The van der Waals surface area contributed by atoms with E-state index in [1.165, 1.54) is 28.2 Å². The molecule has 4 heterocycles. The summed E-state index contributed by atoms with van der Waals surface area (Å²) in [7, 11) is 0. The molecule has 0 saturated heterocycles. The average Bonchev–Trinajstić information content (AvgIpc) is 3.28. The first kappa shape index (κ1) is 18.5. The van der Waals surface area contributed by atoms with Crippen LogP contribution in [0.3, 0.4) is 0 Å². The number of benzene rings is 1. The standard InChI is InChI=1S/C21H25N3S.C2H6/c1-13-8-7-9-14-16(13)24-12-15-17(22-18-23(15)10-11-25-18)21(24,6)20(4,5)19(14,2)3;1-2/h7-11H,12H2,1-6H3;1-2H3. The normalized spacial score (nSPS) is 24.1. The lowest BCUT2D eigenvalue weighted by Crippen LogP contribution is -2.61. The summed E-state index contributed by atoms with van der Waals surface area (Å²) in [5.41, 5.74) is 6.85. The first-order valence-corrected chi connectivity index (χ1v) is 10.9. The van der Waals surface area contributed by atoms with Crippen molar-refractivity contribution in [2.45, 2.75) is 72.9 Å². The van der Waals surface area contributed by atoms with Crippen LogP contribution in [0.2, 0.25) is 0 Å². The summed E-state index contributed by atoms with van der Waals surface area (Å²) in [6, 6.07) is 6.78. The lowest BCUT2D eigenvalue weighted by molar-refractivity contribution is 0.0660. The van der Waals surface area contributed by atoms with E-state index in [1.807, 2.05) is 13.8 Å². The third-order valence-corrected chi connectivity index (χ3v) is 8.39. The fourth-order valence-electron chi connectivity index (χ4n) is 5.21. The number of aromatic nitrogens is 2. The minimum absolute atomic E-state index is 0.0378. The van der Waals surface area contributed by atoms with Crippen LogP contribution >= 0.6 is 11.3 Å². The lowest BCUT2D eigenvalue weighted by atomic mass is 9.52. The van der Waals surface area contributed by atoms with Crippen molar-refractivity contribution in [2.75, 3.05) is 4.90 Å². The molecule has 0 aliphatic carbocycles. The van der Waals surface area contributed by atoms with Crippen molar-refractivity contribution >= 4 is 22.0 Å². The molecule has 3 nitrogen and oxygen atoms in total.